The molecule has 2 rings (SSSR count). The second kappa shape index (κ2) is 5.62. The van der Waals surface area contributed by atoms with Crippen molar-refractivity contribution >= 4 is 17.3 Å². The fourth-order valence-corrected chi connectivity index (χ4v) is 1.56. The van der Waals surface area contributed by atoms with Crippen LogP contribution in [0.3, 0.4) is 0 Å². The van der Waals surface area contributed by atoms with E-state index in [1.807, 2.05) is 0 Å². The van der Waals surface area contributed by atoms with E-state index in [9.17, 15) is 10.1 Å². The van der Waals surface area contributed by atoms with E-state index in [4.69, 9.17) is 16.3 Å². The maximum Gasteiger partial charge on any atom is 0.321 e. The summed E-state index contributed by atoms with van der Waals surface area (Å²) < 4.78 is 5.35. The van der Waals surface area contributed by atoms with E-state index < -0.39 is 4.92 Å². The molecule has 0 atom stereocenters. The van der Waals surface area contributed by atoms with Gasteiger partial charge in [-0.25, -0.2) is 9.97 Å². The van der Waals surface area contributed by atoms with Gasteiger partial charge < -0.3 is 4.74 Å². The van der Waals surface area contributed by atoms with Crippen LogP contribution in [-0.2, 0) is 5.88 Å². The lowest BCUT2D eigenvalue weighted by atomic mass is 10.2. The van der Waals surface area contributed by atoms with Crippen LogP contribution in [0.1, 0.15) is 11.1 Å². The molecule has 0 spiro atoms. The molecule has 0 radical (unpaired) electrons. The van der Waals surface area contributed by atoms with Gasteiger partial charge in [-0.05, 0) is 19.1 Å². The molecule has 0 saturated carbocycles. The van der Waals surface area contributed by atoms with Gasteiger partial charge in [0.2, 0.25) is 0 Å². The van der Waals surface area contributed by atoms with Crippen molar-refractivity contribution in [2.75, 3.05) is 0 Å². The summed E-state index contributed by atoms with van der Waals surface area (Å²) in [5, 5.41) is 10.8. The molecule has 0 unspecified atom stereocenters. The number of nitro groups is 1. The molecule has 7 heteroatoms. The van der Waals surface area contributed by atoms with Crippen molar-refractivity contribution in [2.24, 2.45) is 0 Å². The first kappa shape index (κ1) is 13.2. The Labute approximate surface area is 114 Å². The number of benzene rings is 1. The first-order valence-corrected chi connectivity index (χ1v) is 5.93. The van der Waals surface area contributed by atoms with Gasteiger partial charge in [-0.15, -0.1) is 11.6 Å². The normalized spacial score (nSPS) is 10.2. The van der Waals surface area contributed by atoms with E-state index in [2.05, 4.69) is 9.97 Å². The van der Waals surface area contributed by atoms with Gasteiger partial charge >= 0.3 is 6.01 Å². The van der Waals surface area contributed by atoms with E-state index >= 15 is 0 Å². The number of rotatable bonds is 4. The van der Waals surface area contributed by atoms with Crippen molar-refractivity contribution in [3.05, 3.63) is 51.8 Å². The van der Waals surface area contributed by atoms with E-state index in [0.29, 0.717) is 17.2 Å². The number of nitrogens with zero attached hydrogens (tertiary/aromatic N) is 3. The average Bonchev–Trinajstić information content (AvgIpc) is 2.41. The van der Waals surface area contributed by atoms with Crippen molar-refractivity contribution in [3.8, 4) is 11.8 Å². The minimum atomic E-state index is -0.459. The lowest BCUT2D eigenvalue weighted by molar-refractivity contribution is -0.385. The minimum absolute atomic E-state index is 0.00474. The topological polar surface area (TPSA) is 78.2 Å². The monoisotopic (exact) mass is 279 g/mol. The van der Waals surface area contributed by atoms with Gasteiger partial charge in [0, 0.05) is 23.5 Å². The third kappa shape index (κ3) is 3.17. The Hall–Kier alpha value is -2.21. The van der Waals surface area contributed by atoms with Crippen molar-refractivity contribution in [1.82, 2.24) is 9.97 Å². The Morgan fingerprint density at radius 3 is 2.63 bits per heavy atom. The van der Waals surface area contributed by atoms with Crippen LogP contribution >= 0.6 is 11.6 Å². The second-order valence-electron chi connectivity index (χ2n) is 3.81. The zero-order chi connectivity index (χ0) is 13.8. The largest absolute Gasteiger partial charge is 0.424 e. The predicted octanol–water partition coefficient (Wildman–Crippen LogP) is 3.22. The van der Waals surface area contributed by atoms with Crippen LogP contribution in [0.2, 0.25) is 0 Å². The summed E-state index contributed by atoms with van der Waals surface area (Å²) in [7, 11) is 0. The zero-order valence-electron chi connectivity index (χ0n) is 10.0. The Balaban J connectivity index is 2.22. The molecule has 2 aromatic rings. The van der Waals surface area contributed by atoms with E-state index in [1.165, 1.54) is 18.5 Å². The fourth-order valence-electron chi connectivity index (χ4n) is 1.42. The summed E-state index contributed by atoms with van der Waals surface area (Å²) in [6.45, 7) is 1.66. The van der Waals surface area contributed by atoms with Gasteiger partial charge in [-0.1, -0.05) is 0 Å². The van der Waals surface area contributed by atoms with Gasteiger partial charge in [0.1, 0.15) is 5.75 Å². The van der Waals surface area contributed by atoms with E-state index in [0.717, 1.165) is 5.56 Å². The first-order valence-electron chi connectivity index (χ1n) is 5.40. The number of hydrogen-bond donors (Lipinski definition) is 0. The number of hydrogen-bond acceptors (Lipinski definition) is 5. The fraction of sp³-hybridized carbons (Fsp3) is 0.167. The van der Waals surface area contributed by atoms with Gasteiger partial charge in [0.25, 0.3) is 5.69 Å². The van der Waals surface area contributed by atoms with Gasteiger partial charge in [-0.3, -0.25) is 10.1 Å². The van der Waals surface area contributed by atoms with E-state index in [-0.39, 0.29) is 11.7 Å². The highest BCUT2D eigenvalue weighted by Crippen LogP contribution is 2.26. The van der Waals surface area contributed by atoms with Crippen molar-refractivity contribution in [2.45, 2.75) is 12.8 Å². The molecule has 0 aliphatic heterocycles. The summed E-state index contributed by atoms with van der Waals surface area (Å²) >= 11 is 5.62. The molecule has 1 aromatic carbocycles. The molecule has 19 heavy (non-hydrogen) atoms. The van der Waals surface area contributed by atoms with Gasteiger partial charge in [0.05, 0.1) is 16.9 Å². The molecule has 0 N–H and O–H groups in total. The van der Waals surface area contributed by atoms with Crippen LogP contribution in [0, 0.1) is 17.0 Å². The molecule has 0 aliphatic carbocycles. The molecule has 98 valence electrons. The number of alkyl halides is 1. The average molecular weight is 280 g/mol. The summed E-state index contributed by atoms with van der Waals surface area (Å²) in [5.41, 5.74) is 1.33. The predicted molar refractivity (Wildman–Crippen MR) is 69.5 cm³/mol. The van der Waals surface area contributed by atoms with Crippen LogP contribution in [0.4, 0.5) is 5.69 Å². The number of ether oxygens (including phenoxy) is 1. The van der Waals surface area contributed by atoms with Crippen LogP contribution in [0.25, 0.3) is 0 Å². The Morgan fingerprint density at radius 2 is 2.05 bits per heavy atom. The SMILES string of the molecule is Cc1ccc(Oc2ncc(CCl)cn2)cc1[N+](=O)[O-]. The van der Waals surface area contributed by atoms with Crippen molar-refractivity contribution < 1.29 is 9.66 Å². The smallest absolute Gasteiger partial charge is 0.321 e. The van der Waals surface area contributed by atoms with Crippen LogP contribution in [0.15, 0.2) is 30.6 Å². The molecular weight excluding hydrogens is 270 g/mol. The first-order chi connectivity index (χ1) is 9.10. The molecule has 1 aromatic heterocycles. The second-order valence-corrected chi connectivity index (χ2v) is 4.08. The molecule has 0 saturated heterocycles. The minimum Gasteiger partial charge on any atom is -0.424 e. The van der Waals surface area contributed by atoms with Crippen LogP contribution in [-0.4, -0.2) is 14.9 Å². The number of aryl methyl sites for hydroxylation is 1. The highest BCUT2D eigenvalue weighted by molar-refractivity contribution is 6.17. The molecule has 0 aliphatic rings. The van der Waals surface area contributed by atoms with Crippen molar-refractivity contribution in [1.29, 1.82) is 0 Å². The highest BCUT2D eigenvalue weighted by atomic mass is 35.5. The Morgan fingerprint density at radius 1 is 1.37 bits per heavy atom. The lowest BCUT2D eigenvalue weighted by Gasteiger charge is -2.04. The summed E-state index contributed by atoms with van der Waals surface area (Å²) in [5.74, 6) is 0.631. The lowest BCUT2D eigenvalue weighted by Crippen LogP contribution is -1.95. The summed E-state index contributed by atoms with van der Waals surface area (Å²) in [6, 6.07) is 4.70. The molecule has 1 heterocycles. The van der Waals surface area contributed by atoms with Gasteiger partial charge in [-0.2, -0.15) is 0 Å². The maximum absolute atomic E-state index is 10.8. The number of halogens is 1. The maximum atomic E-state index is 10.8. The zero-order valence-corrected chi connectivity index (χ0v) is 10.8. The third-order valence-corrected chi connectivity index (χ3v) is 2.73. The molecule has 0 fully saturated rings. The summed E-state index contributed by atoms with van der Waals surface area (Å²) in [4.78, 5) is 18.3. The quantitative estimate of drug-likeness (QED) is 0.488. The van der Waals surface area contributed by atoms with E-state index in [1.54, 1.807) is 19.1 Å². The Kier molecular flexibility index (Phi) is 3.91. The molecule has 0 amide bonds. The third-order valence-electron chi connectivity index (χ3n) is 2.42. The molecule has 0 bridgehead atoms. The van der Waals surface area contributed by atoms with Crippen molar-refractivity contribution in [3.63, 3.8) is 0 Å². The highest BCUT2D eigenvalue weighted by Gasteiger charge is 2.12. The summed E-state index contributed by atoms with van der Waals surface area (Å²) in [6.07, 6.45) is 3.08. The Bertz CT molecular complexity index is 602. The molecular formula is C12H10ClN3O3. The van der Waals surface area contributed by atoms with Gasteiger partial charge in [0.15, 0.2) is 0 Å². The number of aromatic nitrogens is 2. The molecule has 6 nitrogen and oxygen atoms in total. The van der Waals surface area contributed by atoms with Crippen LogP contribution in [0.5, 0.6) is 11.8 Å². The number of nitro benzene ring substituents is 1. The van der Waals surface area contributed by atoms with Crippen LogP contribution < -0.4 is 4.74 Å². The standard InChI is InChI=1S/C12H10ClN3O3/c1-8-2-3-10(4-11(8)16(17)18)19-12-14-6-9(5-13)7-15-12/h2-4,6-7H,5H2,1H3.